The quantitative estimate of drug-likeness (QED) is 0.829. The first-order valence-electron chi connectivity index (χ1n) is 4.90. The largest absolute Gasteiger partial charge is 0.396 e. The van der Waals surface area contributed by atoms with Gasteiger partial charge in [0.2, 0.25) is 0 Å². The Labute approximate surface area is 89.7 Å². The molecule has 1 saturated carbocycles. The molecule has 0 unspecified atom stereocenters. The molecule has 1 N–H and O–H groups in total. The summed E-state index contributed by atoms with van der Waals surface area (Å²) in [5.74, 6) is -0.145. The van der Waals surface area contributed by atoms with Crippen LogP contribution in [0.4, 0.5) is 0 Å². The normalized spacial score (nSPS) is 30.1. The highest BCUT2D eigenvalue weighted by Crippen LogP contribution is 2.51. The fourth-order valence-corrected chi connectivity index (χ4v) is 3.95. The van der Waals surface area contributed by atoms with Crippen molar-refractivity contribution >= 4 is 9.84 Å². The molecule has 0 radical (unpaired) electrons. The zero-order valence-corrected chi connectivity index (χ0v) is 9.31. The summed E-state index contributed by atoms with van der Waals surface area (Å²) >= 11 is 0. The van der Waals surface area contributed by atoms with Gasteiger partial charge in [-0.2, -0.15) is 0 Å². The summed E-state index contributed by atoms with van der Waals surface area (Å²) in [5.41, 5.74) is 1.01. The van der Waals surface area contributed by atoms with Crippen LogP contribution in [0, 0.1) is 5.92 Å². The van der Waals surface area contributed by atoms with Crippen LogP contribution in [0.1, 0.15) is 11.5 Å². The van der Waals surface area contributed by atoms with Gasteiger partial charge < -0.3 is 5.11 Å². The van der Waals surface area contributed by atoms with Gasteiger partial charge in [-0.3, -0.25) is 0 Å². The monoisotopic (exact) mass is 226 g/mol. The van der Waals surface area contributed by atoms with Crippen LogP contribution >= 0.6 is 0 Å². The van der Waals surface area contributed by atoms with E-state index in [1.807, 2.05) is 30.3 Å². The second kappa shape index (κ2) is 3.61. The molecule has 0 heterocycles. The topological polar surface area (TPSA) is 54.4 Å². The predicted molar refractivity (Wildman–Crippen MR) is 58.4 cm³/mol. The average Bonchev–Trinajstić information content (AvgIpc) is 2.92. The molecule has 0 spiro atoms. The van der Waals surface area contributed by atoms with Gasteiger partial charge in [-0.15, -0.1) is 0 Å². The highest BCUT2D eigenvalue weighted by molar-refractivity contribution is 7.91. The Kier molecular flexibility index (Phi) is 2.56. The van der Waals surface area contributed by atoms with E-state index in [4.69, 9.17) is 5.11 Å². The smallest absolute Gasteiger partial charge is 0.151 e. The van der Waals surface area contributed by atoms with E-state index in [2.05, 4.69) is 0 Å². The fraction of sp³-hybridized carbons (Fsp3) is 0.455. The lowest BCUT2D eigenvalue weighted by Gasteiger charge is -1.97. The Balaban J connectivity index is 2.27. The van der Waals surface area contributed by atoms with Gasteiger partial charge >= 0.3 is 0 Å². The zero-order chi connectivity index (χ0) is 11.1. The Morgan fingerprint density at radius 2 is 1.87 bits per heavy atom. The molecular weight excluding hydrogens is 212 g/mol. The SMILES string of the molecule is CS(=O)(=O)[C@@H]1[C@H](CO)[C@@H]1c1ccccc1. The molecule has 1 aromatic carbocycles. The second-order valence-corrected chi connectivity index (χ2v) is 6.28. The van der Waals surface area contributed by atoms with E-state index in [0.29, 0.717) is 0 Å². The predicted octanol–water partition coefficient (Wildman–Crippen LogP) is 0.805. The molecule has 3 nitrogen and oxygen atoms in total. The van der Waals surface area contributed by atoms with Crippen molar-refractivity contribution < 1.29 is 13.5 Å². The first kappa shape index (κ1) is 10.6. The highest BCUT2D eigenvalue weighted by atomic mass is 32.2. The third kappa shape index (κ3) is 1.92. The van der Waals surface area contributed by atoms with Gasteiger partial charge in [-0.1, -0.05) is 30.3 Å². The Hall–Kier alpha value is -0.870. The summed E-state index contributed by atoms with van der Waals surface area (Å²) in [6, 6.07) is 9.51. The van der Waals surface area contributed by atoms with Crippen molar-refractivity contribution in [2.24, 2.45) is 5.92 Å². The van der Waals surface area contributed by atoms with Gasteiger partial charge in [0, 0.05) is 24.7 Å². The molecule has 0 aliphatic heterocycles. The van der Waals surface area contributed by atoms with Crippen molar-refractivity contribution in [3.63, 3.8) is 0 Å². The van der Waals surface area contributed by atoms with Gasteiger partial charge in [0.15, 0.2) is 9.84 Å². The minimum Gasteiger partial charge on any atom is -0.396 e. The van der Waals surface area contributed by atoms with Gasteiger partial charge in [0.25, 0.3) is 0 Å². The number of hydrogen-bond donors (Lipinski definition) is 1. The number of rotatable bonds is 3. The first-order valence-corrected chi connectivity index (χ1v) is 6.86. The van der Waals surface area contributed by atoms with Crippen LogP contribution in [0.25, 0.3) is 0 Å². The van der Waals surface area contributed by atoms with Crippen molar-refractivity contribution in [3.8, 4) is 0 Å². The zero-order valence-electron chi connectivity index (χ0n) is 8.50. The van der Waals surface area contributed by atoms with Crippen LogP contribution in [0.3, 0.4) is 0 Å². The Morgan fingerprint density at radius 3 is 2.27 bits per heavy atom. The molecule has 4 heteroatoms. The lowest BCUT2D eigenvalue weighted by molar-refractivity contribution is 0.274. The third-order valence-corrected chi connectivity index (χ3v) is 4.62. The summed E-state index contributed by atoms with van der Waals surface area (Å²) in [4.78, 5) is 0. The molecular formula is C11H14O3S. The molecule has 3 atom stereocenters. The van der Waals surface area contributed by atoms with Gasteiger partial charge in [0.05, 0.1) is 5.25 Å². The maximum absolute atomic E-state index is 11.4. The number of sulfone groups is 1. The van der Waals surface area contributed by atoms with E-state index in [9.17, 15) is 8.42 Å². The van der Waals surface area contributed by atoms with Crippen LogP contribution in [-0.2, 0) is 9.84 Å². The molecule has 0 aromatic heterocycles. The van der Waals surface area contributed by atoms with E-state index < -0.39 is 15.1 Å². The molecule has 1 aliphatic rings. The standard InChI is InChI=1S/C11H14O3S/c1-15(13,14)11-9(7-12)10(11)8-5-3-2-4-6-8/h2-6,9-12H,7H2,1H3/t9-,10+,11-/m1/s1. The molecule has 0 amide bonds. The van der Waals surface area contributed by atoms with Crippen LogP contribution < -0.4 is 0 Å². The molecule has 0 saturated heterocycles. The van der Waals surface area contributed by atoms with Crippen molar-refractivity contribution in [1.82, 2.24) is 0 Å². The summed E-state index contributed by atoms with van der Waals surface area (Å²) < 4.78 is 22.9. The third-order valence-electron chi connectivity index (χ3n) is 2.99. The number of benzene rings is 1. The van der Waals surface area contributed by atoms with E-state index in [1.165, 1.54) is 6.26 Å². The Morgan fingerprint density at radius 1 is 1.27 bits per heavy atom. The van der Waals surface area contributed by atoms with E-state index in [-0.39, 0.29) is 18.4 Å². The Bertz CT molecular complexity index is 438. The minimum absolute atomic E-state index is 0.0220. The summed E-state index contributed by atoms with van der Waals surface area (Å²) in [6.07, 6.45) is 1.24. The number of aliphatic hydroxyl groups excluding tert-OH is 1. The number of aliphatic hydroxyl groups is 1. The molecule has 2 rings (SSSR count). The molecule has 1 aromatic rings. The van der Waals surface area contributed by atoms with E-state index in [0.717, 1.165) is 5.56 Å². The van der Waals surface area contributed by atoms with E-state index in [1.54, 1.807) is 0 Å². The summed E-state index contributed by atoms with van der Waals surface area (Å²) in [6.45, 7) is -0.0582. The lowest BCUT2D eigenvalue weighted by Crippen LogP contribution is -2.07. The van der Waals surface area contributed by atoms with Gasteiger partial charge in [-0.25, -0.2) is 8.42 Å². The summed E-state index contributed by atoms with van der Waals surface area (Å²) in [7, 11) is -3.05. The average molecular weight is 226 g/mol. The molecule has 15 heavy (non-hydrogen) atoms. The number of hydrogen-bond acceptors (Lipinski definition) is 3. The van der Waals surface area contributed by atoms with Crippen LogP contribution in [0.2, 0.25) is 0 Å². The van der Waals surface area contributed by atoms with Gasteiger partial charge in [-0.05, 0) is 5.56 Å². The van der Waals surface area contributed by atoms with Crippen LogP contribution in [0.5, 0.6) is 0 Å². The minimum atomic E-state index is -3.05. The van der Waals surface area contributed by atoms with Gasteiger partial charge in [0.1, 0.15) is 0 Å². The van der Waals surface area contributed by atoms with Crippen molar-refractivity contribution in [2.75, 3.05) is 12.9 Å². The maximum Gasteiger partial charge on any atom is 0.151 e. The second-order valence-electron chi connectivity index (χ2n) is 4.08. The molecule has 82 valence electrons. The fourth-order valence-electron chi connectivity index (χ4n) is 2.26. The molecule has 0 bridgehead atoms. The first-order chi connectivity index (χ1) is 7.05. The lowest BCUT2D eigenvalue weighted by atomic mass is 10.1. The van der Waals surface area contributed by atoms with Crippen LogP contribution in [-0.4, -0.2) is 31.6 Å². The van der Waals surface area contributed by atoms with Crippen molar-refractivity contribution in [1.29, 1.82) is 0 Å². The molecule has 1 fully saturated rings. The van der Waals surface area contributed by atoms with E-state index >= 15 is 0 Å². The van der Waals surface area contributed by atoms with Crippen molar-refractivity contribution in [3.05, 3.63) is 35.9 Å². The molecule has 1 aliphatic carbocycles. The maximum atomic E-state index is 11.4. The highest BCUT2D eigenvalue weighted by Gasteiger charge is 2.56. The summed E-state index contributed by atoms with van der Waals surface area (Å²) in [5, 5.41) is 8.71. The van der Waals surface area contributed by atoms with Crippen molar-refractivity contribution in [2.45, 2.75) is 11.2 Å². The van der Waals surface area contributed by atoms with Crippen LogP contribution in [0.15, 0.2) is 30.3 Å².